The summed E-state index contributed by atoms with van der Waals surface area (Å²) in [5.74, 6) is -0.0552. The first kappa shape index (κ1) is 34.4. The highest BCUT2D eigenvalue weighted by molar-refractivity contribution is 5.89. The third-order valence-electron chi connectivity index (χ3n) is 7.90. The molecule has 0 aliphatic carbocycles. The normalized spacial score (nSPS) is 20.7. The number of carbonyl (C=O) groups excluding carboxylic acids is 1. The van der Waals surface area contributed by atoms with Crippen molar-refractivity contribution in [2.75, 3.05) is 11.9 Å². The van der Waals surface area contributed by atoms with Crippen molar-refractivity contribution >= 4 is 11.7 Å². The first-order valence-electron chi connectivity index (χ1n) is 16.0. The molecule has 0 spiro atoms. The van der Waals surface area contributed by atoms with Crippen LogP contribution in [0, 0.1) is 0 Å². The predicted octanol–water partition coefficient (Wildman–Crippen LogP) is 5.62. The fourth-order valence-electron chi connectivity index (χ4n) is 5.36. The van der Waals surface area contributed by atoms with Crippen LogP contribution in [0.2, 0.25) is 0 Å². The predicted molar refractivity (Wildman–Crippen MR) is 158 cm³/mol. The van der Waals surface area contributed by atoms with E-state index in [1.54, 1.807) is 0 Å². The Morgan fingerprint density at radius 3 is 1.73 bits per heavy atom. The smallest absolute Gasteiger partial charge is 0.351 e. The average molecular weight is 566 g/mol. The van der Waals surface area contributed by atoms with Crippen LogP contribution in [-0.2, 0) is 9.53 Å². The number of nitrogens with zero attached hydrogens (tertiary/aromatic N) is 2. The summed E-state index contributed by atoms with van der Waals surface area (Å²) in [7, 11) is 0. The zero-order chi connectivity index (χ0) is 29.0. The molecule has 9 nitrogen and oxygen atoms in total. The van der Waals surface area contributed by atoms with E-state index in [-0.39, 0.29) is 11.7 Å². The second-order valence-corrected chi connectivity index (χ2v) is 11.4. The SMILES string of the molecule is CCCCCCCCCCCCCCCCCCCCCC(=O)Nc1ccn([C@H]2O[C@H](CO)[C@@H](O)[C@@H]2O)c(=O)n1. The number of hydrogen-bond acceptors (Lipinski definition) is 7. The summed E-state index contributed by atoms with van der Waals surface area (Å²) in [6, 6.07) is 1.45. The zero-order valence-corrected chi connectivity index (χ0v) is 24.8. The second kappa shape index (κ2) is 21.0. The van der Waals surface area contributed by atoms with Gasteiger partial charge >= 0.3 is 5.69 Å². The lowest BCUT2D eigenvalue weighted by Crippen LogP contribution is -2.36. The fraction of sp³-hybridized carbons (Fsp3) is 0.839. The summed E-state index contributed by atoms with van der Waals surface area (Å²) in [6.45, 7) is 1.79. The lowest BCUT2D eigenvalue weighted by Gasteiger charge is -2.17. The summed E-state index contributed by atoms with van der Waals surface area (Å²) in [5.41, 5.74) is -0.726. The maximum atomic E-state index is 12.4. The van der Waals surface area contributed by atoms with Gasteiger partial charge in [-0.25, -0.2) is 4.79 Å². The van der Waals surface area contributed by atoms with E-state index in [2.05, 4.69) is 17.2 Å². The van der Waals surface area contributed by atoms with E-state index in [0.29, 0.717) is 6.42 Å². The Labute approximate surface area is 240 Å². The van der Waals surface area contributed by atoms with Crippen LogP contribution in [0.25, 0.3) is 0 Å². The van der Waals surface area contributed by atoms with E-state index < -0.39 is 36.8 Å². The second-order valence-electron chi connectivity index (χ2n) is 11.4. The van der Waals surface area contributed by atoms with Gasteiger partial charge in [-0.1, -0.05) is 122 Å². The van der Waals surface area contributed by atoms with Gasteiger partial charge in [0.25, 0.3) is 0 Å². The van der Waals surface area contributed by atoms with Crippen molar-refractivity contribution in [3.8, 4) is 0 Å². The number of nitrogens with one attached hydrogen (secondary N) is 1. The fourth-order valence-corrected chi connectivity index (χ4v) is 5.36. The highest BCUT2D eigenvalue weighted by Crippen LogP contribution is 2.28. The molecule has 0 unspecified atom stereocenters. The van der Waals surface area contributed by atoms with Crippen molar-refractivity contribution in [2.45, 2.75) is 160 Å². The van der Waals surface area contributed by atoms with Crippen LogP contribution < -0.4 is 11.0 Å². The van der Waals surface area contributed by atoms with Crippen molar-refractivity contribution in [3.63, 3.8) is 0 Å². The minimum Gasteiger partial charge on any atom is -0.394 e. The van der Waals surface area contributed by atoms with Crippen LogP contribution in [0.3, 0.4) is 0 Å². The Kier molecular flexibility index (Phi) is 18.0. The summed E-state index contributed by atoms with van der Waals surface area (Å²) in [6.07, 6.45) is 21.7. The number of amides is 1. The Morgan fingerprint density at radius 2 is 1.30 bits per heavy atom. The molecular weight excluding hydrogens is 510 g/mol. The van der Waals surface area contributed by atoms with Gasteiger partial charge < -0.3 is 25.4 Å². The Morgan fingerprint density at radius 1 is 0.825 bits per heavy atom. The third kappa shape index (κ3) is 13.2. The summed E-state index contributed by atoms with van der Waals surface area (Å²) in [4.78, 5) is 28.4. The monoisotopic (exact) mass is 565 g/mol. The van der Waals surface area contributed by atoms with Crippen molar-refractivity contribution in [1.82, 2.24) is 9.55 Å². The van der Waals surface area contributed by atoms with E-state index >= 15 is 0 Å². The molecule has 2 rings (SSSR count). The van der Waals surface area contributed by atoms with Gasteiger partial charge in [-0.3, -0.25) is 9.36 Å². The molecule has 0 saturated carbocycles. The van der Waals surface area contributed by atoms with Gasteiger partial charge in [0.15, 0.2) is 6.23 Å². The van der Waals surface area contributed by atoms with Crippen LogP contribution in [-0.4, -0.2) is 55.7 Å². The van der Waals surface area contributed by atoms with Crippen molar-refractivity contribution < 1.29 is 24.9 Å². The van der Waals surface area contributed by atoms with Crippen LogP contribution in [0.4, 0.5) is 5.82 Å². The van der Waals surface area contributed by atoms with Gasteiger partial charge in [0, 0.05) is 12.6 Å². The van der Waals surface area contributed by atoms with Crippen molar-refractivity contribution in [1.29, 1.82) is 0 Å². The first-order valence-corrected chi connectivity index (χ1v) is 16.0. The lowest BCUT2D eigenvalue weighted by molar-refractivity contribution is -0.116. The van der Waals surface area contributed by atoms with Crippen LogP contribution >= 0.6 is 0 Å². The van der Waals surface area contributed by atoms with E-state index in [0.717, 1.165) is 23.8 Å². The van der Waals surface area contributed by atoms with E-state index in [9.17, 15) is 24.9 Å². The molecule has 9 heteroatoms. The van der Waals surface area contributed by atoms with E-state index in [1.165, 1.54) is 115 Å². The quantitative estimate of drug-likeness (QED) is 0.127. The first-order chi connectivity index (χ1) is 19.5. The molecule has 4 N–H and O–H groups in total. The molecule has 0 bridgehead atoms. The molecule has 1 aliphatic heterocycles. The topological polar surface area (TPSA) is 134 Å². The van der Waals surface area contributed by atoms with Gasteiger partial charge in [-0.15, -0.1) is 0 Å². The number of hydrogen-bond donors (Lipinski definition) is 4. The molecule has 2 heterocycles. The Balaban J connectivity index is 1.43. The number of anilines is 1. The number of aliphatic hydroxyl groups is 3. The molecule has 0 radical (unpaired) electrons. The van der Waals surface area contributed by atoms with Gasteiger partial charge in [0.05, 0.1) is 6.61 Å². The summed E-state index contributed by atoms with van der Waals surface area (Å²) in [5, 5.41) is 31.8. The maximum absolute atomic E-state index is 12.4. The summed E-state index contributed by atoms with van der Waals surface area (Å²) < 4.78 is 6.40. The molecule has 4 atom stereocenters. The molecule has 1 saturated heterocycles. The van der Waals surface area contributed by atoms with Gasteiger partial charge in [-0.05, 0) is 12.5 Å². The maximum Gasteiger partial charge on any atom is 0.351 e. The highest BCUT2D eigenvalue weighted by Gasteiger charge is 2.43. The molecule has 40 heavy (non-hydrogen) atoms. The number of rotatable bonds is 23. The molecule has 1 amide bonds. The standard InChI is InChI=1S/C31H55N3O6/c1-2-3-4-5-6-7-8-9-10-11-12-13-14-15-16-17-18-19-20-21-27(36)32-26-22-23-34(31(39)33-26)30-29(38)28(37)25(24-35)40-30/h22-23,25,28-30,35,37-38H,2-21,24H2,1H3,(H,32,33,36,39)/t25-,28-,29+,30+/m1/s1. The van der Waals surface area contributed by atoms with Crippen LogP contribution in [0.15, 0.2) is 17.1 Å². The molecule has 1 aromatic rings. The van der Waals surface area contributed by atoms with Gasteiger partial charge in [0.2, 0.25) is 5.91 Å². The third-order valence-corrected chi connectivity index (χ3v) is 7.90. The Hall–Kier alpha value is -1.81. The molecule has 1 fully saturated rings. The van der Waals surface area contributed by atoms with Gasteiger partial charge in [0.1, 0.15) is 24.1 Å². The summed E-state index contributed by atoms with van der Waals surface area (Å²) >= 11 is 0. The molecular formula is C31H55N3O6. The zero-order valence-electron chi connectivity index (χ0n) is 24.8. The van der Waals surface area contributed by atoms with E-state index in [4.69, 9.17) is 4.74 Å². The Bertz CT molecular complexity index is 864. The molecule has 0 aromatic carbocycles. The highest BCUT2D eigenvalue weighted by atomic mass is 16.6. The number of ether oxygens (including phenoxy) is 1. The van der Waals surface area contributed by atoms with Crippen molar-refractivity contribution in [3.05, 3.63) is 22.7 Å². The number of aliphatic hydroxyl groups excluding tert-OH is 3. The van der Waals surface area contributed by atoms with Crippen LogP contribution in [0.5, 0.6) is 0 Å². The van der Waals surface area contributed by atoms with Gasteiger partial charge in [-0.2, -0.15) is 4.98 Å². The molecule has 230 valence electrons. The molecule has 1 aliphatic rings. The molecule has 1 aromatic heterocycles. The minimum absolute atomic E-state index is 0.135. The van der Waals surface area contributed by atoms with E-state index in [1.807, 2.05) is 0 Å². The number of carbonyl (C=O) groups is 1. The average Bonchev–Trinajstić information content (AvgIpc) is 3.23. The number of unbranched alkanes of at least 4 members (excludes halogenated alkanes) is 18. The number of aromatic nitrogens is 2. The largest absolute Gasteiger partial charge is 0.394 e. The minimum atomic E-state index is -1.37. The van der Waals surface area contributed by atoms with Crippen LogP contribution in [0.1, 0.15) is 142 Å². The lowest BCUT2D eigenvalue weighted by atomic mass is 10.0. The van der Waals surface area contributed by atoms with Crippen molar-refractivity contribution in [2.24, 2.45) is 0 Å².